The summed E-state index contributed by atoms with van der Waals surface area (Å²) < 4.78 is 18.7. The maximum absolute atomic E-state index is 13.2. The van der Waals surface area contributed by atoms with Gasteiger partial charge in [-0.15, -0.1) is 0 Å². The molecule has 0 atom stereocenters. The molecule has 0 spiro atoms. The van der Waals surface area contributed by atoms with Gasteiger partial charge in [-0.3, -0.25) is 4.79 Å². The van der Waals surface area contributed by atoms with Gasteiger partial charge in [0.25, 0.3) is 0 Å². The van der Waals surface area contributed by atoms with E-state index in [2.05, 4.69) is 10.3 Å². The number of aromatic nitrogens is 1. The first-order chi connectivity index (χ1) is 11.1. The lowest BCUT2D eigenvalue weighted by molar-refractivity contribution is -0.125. The first-order valence-corrected chi connectivity index (χ1v) is 7.68. The number of aryl methyl sites for hydroxylation is 1. The van der Waals surface area contributed by atoms with Crippen LogP contribution in [0.4, 0.5) is 10.2 Å². The van der Waals surface area contributed by atoms with Crippen LogP contribution in [0.25, 0.3) is 0 Å². The van der Waals surface area contributed by atoms with Crippen molar-refractivity contribution in [3.05, 3.63) is 59.5 Å². The Morgan fingerprint density at radius 1 is 1.22 bits per heavy atom. The molecule has 1 N–H and O–H groups in total. The summed E-state index contributed by atoms with van der Waals surface area (Å²) in [6, 6.07) is 9.86. The number of nitrogens with one attached hydrogen (secondary N) is 1. The highest BCUT2D eigenvalue weighted by Gasteiger charge is 2.41. The van der Waals surface area contributed by atoms with Crippen LogP contribution in [0.3, 0.4) is 0 Å². The molecule has 1 fully saturated rings. The van der Waals surface area contributed by atoms with Crippen molar-refractivity contribution in [2.75, 3.05) is 18.5 Å². The summed E-state index contributed by atoms with van der Waals surface area (Å²) in [6.45, 7) is 2.96. The molecule has 23 heavy (non-hydrogen) atoms. The Kier molecular flexibility index (Phi) is 4.39. The second-order valence-electron chi connectivity index (χ2n) is 5.87. The summed E-state index contributed by atoms with van der Waals surface area (Å²) in [5.41, 5.74) is 1.13. The van der Waals surface area contributed by atoms with E-state index in [9.17, 15) is 9.18 Å². The molecule has 1 aromatic heterocycles. The fraction of sp³-hybridized carbons (Fsp3) is 0.333. The van der Waals surface area contributed by atoms with Gasteiger partial charge in [0.1, 0.15) is 11.6 Å². The van der Waals surface area contributed by atoms with E-state index in [-0.39, 0.29) is 11.7 Å². The molecule has 1 aromatic carbocycles. The van der Waals surface area contributed by atoms with Gasteiger partial charge < -0.3 is 10.1 Å². The summed E-state index contributed by atoms with van der Waals surface area (Å²) in [7, 11) is 0. The fourth-order valence-corrected chi connectivity index (χ4v) is 2.98. The lowest BCUT2D eigenvalue weighted by Gasteiger charge is -2.36. The number of pyridine rings is 1. The Labute approximate surface area is 134 Å². The zero-order valence-corrected chi connectivity index (χ0v) is 13.0. The first kappa shape index (κ1) is 15.6. The molecule has 5 heteroatoms. The van der Waals surface area contributed by atoms with Gasteiger partial charge in [-0.05, 0) is 55.2 Å². The fourth-order valence-electron chi connectivity index (χ4n) is 2.98. The van der Waals surface area contributed by atoms with Gasteiger partial charge >= 0.3 is 0 Å². The molecule has 1 aliphatic heterocycles. The second-order valence-corrected chi connectivity index (χ2v) is 5.87. The van der Waals surface area contributed by atoms with Crippen LogP contribution in [-0.2, 0) is 14.9 Å². The summed E-state index contributed by atoms with van der Waals surface area (Å²) in [6.07, 6.45) is 2.80. The van der Waals surface area contributed by atoms with Crippen LogP contribution in [0.1, 0.15) is 24.0 Å². The molecule has 120 valence electrons. The van der Waals surface area contributed by atoms with E-state index in [0.29, 0.717) is 31.9 Å². The summed E-state index contributed by atoms with van der Waals surface area (Å²) in [5.74, 6) is 0.102. The van der Waals surface area contributed by atoms with Crippen molar-refractivity contribution in [3.8, 4) is 0 Å². The van der Waals surface area contributed by atoms with Crippen molar-refractivity contribution < 1.29 is 13.9 Å². The zero-order valence-electron chi connectivity index (χ0n) is 13.0. The van der Waals surface area contributed by atoms with Gasteiger partial charge in [0, 0.05) is 19.4 Å². The molecular weight excluding hydrogens is 295 g/mol. The summed E-state index contributed by atoms with van der Waals surface area (Å²) in [5, 5.41) is 2.91. The minimum absolute atomic E-state index is 0.120. The number of amides is 1. The van der Waals surface area contributed by atoms with Crippen LogP contribution in [0.2, 0.25) is 0 Å². The Bertz CT molecular complexity index is 694. The van der Waals surface area contributed by atoms with Gasteiger partial charge in [-0.1, -0.05) is 12.1 Å². The minimum atomic E-state index is -0.711. The van der Waals surface area contributed by atoms with Crippen molar-refractivity contribution in [1.29, 1.82) is 0 Å². The smallest absolute Gasteiger partial charge is 0.236 e. The Morgan fingerprint density at radius 3 is 2.57 bits per heavy atom. The standard InChI is InChI=1S/C18H19FN2O2/c1-13-6-9-20-16(12-13)21-17(22)18(7-10-23-11-8-18)14-2-4-15(19)5-3-14/h2-6,9,12H,7-8,10-11H2,1H3,(H,20,21,22). The molecule has 0 unspecified atom stereocenters. The molecule has 1 aliphatic rings. The second kappa shape index (κ2) is 6.46. The monoisotopic (exact) mass is 314 g/mol. The molecule has 0 saturated carbocycles. The average molecular weight is 314 g/mol. The van der Waals surface area contributed by atoms with Gasteiger partial charge in [0.2, 0.25) is 5.91 Å². The van der Waals surface area contributed by atoms with Crippen molar-refractivity contribution in [3.63, 3.8) is 0 Å². The third-order valence-corrected chi connectivity index (χ3v) is 4.33. The van der Waals surface area contributed by atoms with Crippen LogP contribution in [0.15, 0.2) is 42.6 Å². The zero-order chi connectivity index (χ0) is 16.3. The first-order valence-electron chi connectivity index (χ1n) is 7.68. The van der Waals surface area contributed by atoms with E-state index >= 15 is 0 Å². The number of carbonyl (C=O) groups excluding carboxylic acids is 1. The van der Waals surface area contributed by atoms with Crippen LogP contribution in [0.5, 0.6) is 0 Å². The van der Waals surface area contributed by atoms with E-state index in [1.54, 1.807) is 18.3 Å². The summed E-state index contributed by atoms with van der Waals surface area (Å²) >= 11 is 0. The number of ether oxygens (including phenoxy) is 1. The lowest BCUT2D eigenvalue weighted by atomic mass is 9.73. The van der Waals surface area contributed by atoms with E-state index < -0.39 is 5.41 Å². The maximum Gasteiger partial charge on any atom is 0.236 e. The molecule has 3 rings (SSSR count). The molecule has 0 radical (unpaired) electrons. The van der Waals surface area contributed by atoms with Crippen molar-refractivity contribution >= 4 is 11.7 Å². The molecule has 0 aliphatic carbocycles. The van der Waals surface area contributed by atoms with Crippen LogP contribution in [0, 0.1) is 12.7 Å². The molecule has 4 nitrogen and oxygen atoms in total. The Morgan fingerprint density at radius 2 is 1.91 bits per heavy atom. The topological polar surface area (TPSA) is 51.2 Å². The lowest BCUT2D eigenvalue weighted by Crippen LogP contribution is -2.45. The summed E-state index contributed by atoms with van der Waals surface area (Å²) in [4.78, 5) is 17.2. The molecular formula is C18H19FN2O2. The largest absolute Gasteiger partial charge is 0.381 e. The molecule has 2 aromatic rings. The van der Waals surface area contributed by atoms with Crippen molar-refractivity contribution in [2.24, 2.45) is 0 Å². The molecule has 1 saturated heterocycles. The number of rotatable bonds is 3. The number of nitrogens with zero attached hydrogens (tertiary/aromatic N) is 1. The van der Waals surface area contributed by atoms with Crippen molar-refractivity contribution in [1.82, 2.24) is 4.98 Å². The van der Waals surface area contributed by atoms with Gasteiger partial charge in [0.15, 0.2) is 0 Å². The van der Waals surface area contributed by atoms with Gasteiger partial charge in [-0.2, -0.15) is 0 Å². The van der Waals surface area contributed by atoms with Gasteiger partial charge in [0.05, 0.1) is 5.41 Å². The van der Waals surface area contributed by atoms with E-state index in [4.69, 9.17) is 4.74 Å². The Hall–Kier alpha value is -2.27. The molecule has 0 bridgehead atoms. The number of carbonyl (C=O) groups is 1. The maximum atomic E-state index is 13.2. The van der Waals surface area contributed by atoms with E-state index in [1.165, 1.54) is 12.1 Å². The predicted octanol–water partition coefficient (Wildman–Crippen LogP) is 3.22. The van der Waals surface area contributed by atoms with E-state index in [1.807, 2.05) is 19.1 Å². The van der Waals surface area contributed by atoms with Crippen LogP contribution >= 0.6 is 0 Å². The number of hydrogen-bond acceptors (Lipinski definition) is 3. The van der Waals surface area contributed by atoms with Gasteiger partial charge in [-0.25, -0.2) is 9.37 Å². The average Bonchev–Trinajstić information content (AvgIpc) is 2.56. The highest BCUT2D eigenvalue weighted by Crippen LogP contribution is 2.36. The normalized spacial score (nSPS) is 16.8. The van der Waals surface area contributed by atoms with Crippen LogP contribution in [-0.4, -0.2) is 24.1 Å². The number of hydrogen-bond donors (Lipinski definition) is 1. The molecule has 1 amide bonds. The quantitative estimate of drug-likeness (QED) is 0.946. The predicted molar refractivity (Wildman–Crippen MR) is 85.7 cm³/mol. The third-order valence-electron chi connectivity index (χ3n) is 4.33. The van der Waals surface area contributed by atoms with Crippen molar-refractivity contribution in [2.45, 2.75) is 25.2 Å². The minimum Gasteiger partial charge on any atom is -0.381 e. The third kappa shape index (κ3) is 3.24. The Balaban J connectivity index is 1.92. The highest BCUT2D eigenvalue weighted by atomic mass is 19.1. The van der Waals surface area contributed by atoms with E-state index in [0.717, 1.165) is 11.1 Å². The number of anilines is 1. The van der Waals surface area contributed by atoms with Crippen LogP contribution < -0.4 is 5.32 Å². The highest BCUT2D eigenvalue weighted by molar-refractivity contribution is 5.98. The number of halogens is 1. The number of benzene rings is 1. The SMILES string of the molecule is Cc1ccnc(NC(=O)C2(c3ccc(F)cc3)CCOCC2)c1. The molecule has 2 heterocycles.